The van der Waals surface area contributed by atoms with E-state index < -0.39 is 0 Å². The molecule has 0 aromatic heterocycles. The molecule has 0 bridgehead atoms. The average Bonchev–Trinajstić information content (AvgIpc) is 2.30. The summed E-state index contributed by atoms with van der Waals surface area (Å²) in [5.74, 6) is 0. The van der Waals surface area contributed by atoms with Crippen molar-refractivity contribution >= 4 is 0 Å². The summed E-state index contributed by atoms with van der Waals surface area (Å²) in [6, 6.07) is 0. The van der Waals surface area contributed by atoms with Crippen LogP contribution in [-0.4, -0.2) is 23.9 Å². The highest BCUT2D eigenvalue weighted by molar-refractivity contribution is 4.74. The molecule has 2 nitrogen and oxygen atoms in total. The highest BCUT2D eigenvalue weighted by atomic mass is 16.5. The Morgan fingerprint density at radius 2 is 2.08 bits per heavy atom. The van der Waals surface area contributed by atoms with E-state index in [0.29, 0.717) is 18.1 Å². The van der Waals surface area contributed by atoms with Crippen LogP contribution in [0.1, 0.15) is 40.0 Å². The van der Waals surface area contributed by atoms with Gasteiger partial charge in [-0.05, 0) is 18.3 Å². The topological polar surface area (TPSA) is 29.5 Å². The standard InChI is InChI=1S/C10H20O2/c1-10(2,3)5-4-9-6-8(11)7-12-9/h8-9,11H,4-7H2,1-3H3. The van der Waals surface area contributed by atoms with Gasteiger partial charge in [0.25, 0.3) is 0 Å². The van der Waals surface area contributed by atoms with Crippen molar-refractivity contribution in [3.63, 3.8) is 0 Å². The number of aliphatic hydroxyl groups excluding tert-OH is 1. The van der Waals surface area contributed by atoms with E-state index in [1.54, 1.807) is 0 Å². The lowest BCUT2D eigenvalue weighted by molar-refractivity contribution is 0.0776. The van der Waals surface area contributed by atoms with Crippen molar-refractivity contribution in [1.82, 2.24) is 0 Å². The zero-order valence-electron chi connectivity index (χ0n) is 8.34. The third kappa shape index (κ3) is 3.55. The Balaban J connectivity index is 2.16. The van der Waals surface area contributed by atoms with Crippen molar-refractivity contribution in [1.29, 1.82) is 0 Å². The predicted molar refractivity (Wildman–Crippen MR) is 49.1 cm³/mol. The Morgan fingerprint density at radius 1 is 1.42 bits per heavy atom. The predicted octanol–water partition coefficient (Wildman–Crippen LogP) is 1.96. The average molecular weight is 172 g/mol. The maximum absolute atomic E-state index is 9.20. The van der Waals surface area contributed by atoms with Crippen LogP contribution in [0.2, 0.25) is 0 Å². The minimum absolute atomic E-state index is 0.213. The maximum Gasteiger partial charge on any atom is 0.0798 e. The summed E-state index contributed by atoms with van der Waals surface area (Å²) in [6.45, 7) is 7.24. The van der Waals surface area contributed by atoms with Crippen molar-refractivity contribution in [2.24, 2.45) is 5.41 Å². The highest BCUT2D eigenvalue weighted by Gasteiger charge is 2.24. The first-order valence-electron chi connectivity index (χ1n) is 4.77. The van der Waals surface area contributed by atoms with Gasteiger partial charge in [-0.1, -0.05) is 20.8 Å². The van der Waals surface area contributed by atoms with E-state index in [1.165, 1.54) is 6.42 Å². The van der Waals surface area contributed by atoms with Crippen LogP contribution >= 0.6 is 0 Å². The number of hydrogen-bond donors (Lipinski definition) is 1. The first-order valence-corrected chi connectivity index (χ1v) is 4.77. The van der Waals surface area contributed by atoms with Crippen molar-refractivity contribution < 1.29 is 9.84 Å². The highest BCUT2D eigenvalue weighted by Crippen LogP contribution is 2.26. The van der Waals surface area contributed by atoms with Crippen LogP contribution in [-0.2, 0) is 4.74 Å². The summed E-state index contributed by atoms with van der Waals surface area (Å²) in [5.41, 5.74) is 0.386. The summed E-state index contributed by atoms with van der Waals surface area (Å²) in [6.07, 6.45) is 3.18. The van der Waals surface area contributed by atoms with Gasteiger partial charge in [0.15, 0.2) is 0 Å². The lowest BCUT2D eigenvalue weighted by Gasteiger charge is -2.19. The Hall–Kier alpha value is -0.0800. The first-order chi connectivity index (χ1) is 5.47. The lowest BCUT2D eigenvalue weighted by atomic mass is 9.89. The van der Waals surface area contributed by atoms with Gasteiger partial charge in [0, 0.05) is 6.42 Å². The van der Waals surface area contributed by atoms with Crippen LogP contribution in [0.15, 0.2) is 0 Å². The number of hydrogen-bond acceptors (Lipinski definition) is 2. The van der Waals surface area contributed by atoms with E-state index in [2.05, 4.69) is 20.8 Å². The fourth-order valence-corrected chi connectivity index (χ4v) is 1.48. The third-order valence-corrected chi connectivity index (χ3v) is 2.28. The van der Waals surface area contributed by atoms with Gasteiger partial charge < -0.3 is 9.84 Å². The van der Waals surface area contributed by atoms with E-state index in [9.17, 15) is 5.11 Å². The van der Waals surface area contributed by atoms with Crippen LogP contribution in [0.5, 0.6) is 0 Å². The molecule has 1 fully saturated rings. The van der Waals surface area contributed by atoms with E-state index >= 15 is 0 Å². The Labute approximate surface area is 74.9 Å². The quantitative estimate of drug-likeness (QED) is 0.690. The van der Waals surface area contributed by atoms with Gasteiger partial charge in [-0.2, -0.15) is 0 Å². The summed E-state index contributed by atoms with van der Waals surface area (Å²) in [5, 5.41) is 9.20. The van der Waals surface area contributed by atoms with Crippen molar-refractivity contribution in [3.8, 4) is 0 Å². The number of rotatable bonds is 2. The van der Waals surface area contributed by atoms with E-state index in [-0.39, 0.29) is 6.10 Å². The minimum Gasteiger partial charge on any atom is -0.391 e. The Morgan fingerprint density at radius 3 is 2.50 bits per heavy atom. The molecular formula is C10H20O2. The zero-order valence-corrected chi connectivity index (χ0v) is 8.34. The molecule has 1 saturated heterocycles. The van der Waals surface area contributed by atoms with Gasteiger partial charge in [0.1, 0.15) is 0 Å². The normalized spacial score (nSPS) is 31.0. The van der Waals surface area contributed by atoms with Crippen LogP contribution in [0.4, 0.5) is 0 Å². The van der Waals surface area contributed by atoms with Crippen molar-refractivity contribution in [3.05, 3.63) is 0 Å². The molecule has 1 aliphatic rings. The largest absolute Gasteiger partial charge is 0.391 e. The van der Waals surface area contributed by atoms with Crippen LogP contribution in [0.3, 0.4) is 0 Å². The molecule has 72 valence electrons. The summed E-state index contributed by atoms with van der Waals surface area (Å²) in [7, 11) is 0. The van der Waals surface area contributed by atoms with E-state index in [4.69, 9.17) is 4.74 Å². The molecule has 12 heavy (non-hydrogen) atoms. The first kappa shape index (κ1) is 10.0. The molecule has 2 heteroatoms. The number of ether oxygens (including phenoxy) is 1. The summed E-state index contributed by atoms with van der Waals surface area (Å²) < 4.78 is 5.41. The number of aliphatic hydroxyl groups is 1. The van der Waals surface area contributed by atoms with Gasteiger partial charge in [-0.3, -0.25) is 0 Å². The molecule has 1 N–H and O–H groups in total. The van der Waals surface area contributed by atoms with Gasteiger partial charge in [-0.15, -0.1) is 0 Å². The van der Waals surface area contributed by atoms with Gasteiger partial charge in [0.05, 0.1) is 18.8 Å². The van der Waals surface area contributed by atoms with Gasteiger partial charge in [-0.25, -0.2) is 0 Å². The second-order valence-electron chi connectivity index (χ2n) is 4.94. The molecular weight excluding hydrogens is 152 g/mol. The van der Waals surface area contributed by atoms with Gasteiger partial charge >= 0.3 is 0 Å². The Bertz CT molecular complexity index is 137. The van der Waals surface area contributed by atoms with Crippen LogP contribution < -0.4 is 0 Å². The lowest BCUT2D eigenvalue weighted by Crippen LogP contribution is -2.12. The Kier molecular flexibility index (Phi) is 3.13. The smallest absolute Gasteiger partial charge is 0.0798 e. The molecule has 1 rings (SSSR count). The molecule has 0 spiro atoms. The van der Waals surface area contributed by atoms with Crippen LogP contribution in [0.25, 0.3) is 0 Å². The van der Waals surface area contributed by atoms with Crippen molar-refractivity contribution in [2.45, 2.75) is 52.2 Å². The molecule has 0 aromatic carbocycles. The molecule has 0 amide bonds. The third-order valence-electron chi connectivity index (χ3n) is 2.28. The molecule has 0 radical (unpaired) electrons. The molecule has 0 aliphatic carbocycles. The van der Waals surface area contributed by atoms with E-state index in [0.717, 1.165) is 12.8 Å². The molecule has 1 heterocycles. The monoisotopic (exact) mass is 172 g/mol. The zero-order chi connectivity index (χ0) is 9.19. The van der Waals surface area contributed by atoms with Crippen molar-refractivity contribution in [2.75, 3.05) is 6.61 Å². The molecule has 0 aromatic rings. The summed E-state index contributed by atoms with van der Waals surface area (Å²) in [4.78, 5) is 0. The fourth-order valence-electron chi connectivity index (χ4n) is 1.48. The van der Waals surface area contributed by atoms with Crippen LogP contribution in [0, 0.1) is 5.41 Å². The van der Waals surface area contributed by atoms with Gasteiger partial charge in [0.2, 0.25) is 0 Å². The summed E-state index contributed by atoms with van der Waals surface area (Å²) >= 11 is 0. The maximum atomic E-state index is 9.20. The van der Waals surface area contributed by atoms with E-state index in [1.807, 2.05) is 0 Å². The molecule has 2 atom stereocenters. The fraction of sp³-hybridized carbons (Fsp3) is 1.00. The molecule has 0 saturated carbocycles. The second-order valence-corrected chi connectivity index (χ2v) is 4.94. The second kappa shape index (κ2) is 3.75. The molecule has 2 unspecified atom stereocenters. The molecule has 1 aliphatic heterocycles. The minimum atomic E-state index is -0.213. The SMILES string of the molecule is CC(C)(C)CCC1CC(O)CO1.